The van der Waals surface area contributed by atoms with Gasteiger partial charge in [0.2, 0.25) is 0 Å². The summed E-state index contributed by atoms with van der Waals surface area (Å²) in [4.78, 5) is 48.8. The van der Waals surface area contributed by atoms with Crippen molar-refractivity contribution in [2.45, 2.75) is 53.4 Å². The van der Waals surface area contributed by atoms with Crippen molar-refractivity contribution in [3.63, 3.8) is 0 Å². The summed E-state index contributed by atoms with van der Waals surface area (Å²) in [6.45, 7) is 7.17. The lowest BCUT2D eigenvalue weighted by atomic mass is 9.67. The maximum atomic E-state index is 12.7. The van der Waals surface area contributed by atoms with E-state index in [4.69, 9.17) is 4.74 Å². The second kappa shape index (κ2) is 8.40. The lowest BCUT2D eigenvalue weighted by Crippen LogP contribution is -2.46. The average molecular weight is 382 g/mol. The quantitative estimate of drug-likeness (QED) is 0.567. The number of carboxylic acid groups (broad SMARTS) is 2. The third-order valence-electron chi connectivity index (χ3n) is 6.70. The third kappa shape index (κ3) is 4.33. The molecule has 0 amide bonds. The maximum absolute atomic E-state index is 12.7. The van der Waals surface area contributed by atoms with Gasteiger partial charge in [0.05, 0.1) is 23.7 Å². The van der Waals surface area contributed by atoms with Crippen molar-refractivity contribution in [1.82, 2.24) is 0 Å². The summed E-state index contributed by atoms with van der Waals surface area (Å²) in [7, 11) is 0. The number of rotatable bonds is 4. The Hall–Kier alpha value is -1.92. The molecule has 27 heavy (non-hydrogen) atoms. The first-order chi connectivity index (χ1) is 12.6. The lowest BCUT2D eigenvalue weighted by Gasteiger charge is -2.38. The number of esters is 2. The number of ether oxygens (including phenoxy) is 1. The Bertz CT molecular complexity index is 561. The highest BCUT2D eigenvalue weighted by molar-refractivity contribution is 5.92. The predicted molar refractivity (Wildman–Crippen MR) is 95.5 cm³/mol. The molecule has 2 fully saturated rings. The fourth-order valence-corrected chi connectivity index (χ4v) is 4.97. The van der Waals surface area contributed by atoms with Crippen LogP contribution < -0.4 is 0 Å². The van der Waals surface area contributed by atoms with Gasteiger partial charge in [-0.3, -0.25) is 19.2 Å². The summed E-state index contributed by atoms with van der Waals surface area (Å²) in [6.07, 6.45) is 2.78. The van der Waals surface area contributed by atoms with Crippen LogP contribution in [-0.2, 0) is 23.9 Å². The highest BCUT2D eigenvalue weighted by atomic mass is 16.6. The second-order valence-electron chi connectivity index (χ2n) is 8.58. The van der Waals surface area contributed by atoms with E-state index in [9.17, 15) is 29.4 Å². The summed E-state index contributed by atoms with van der Waals surface area (Å²) in [6, 6.07) is 0. The predicted octanol–water partition coefficient (Wildman–Crippen LogP) is 2.82. The molecule has 0 spiro atoms. The van der Waals surface area contributed by atoms with Crippen LogP contribution in [-0.4, -0.2) is 34.1 Å². The van der Waals surface area contributed by atoms with Crippen LogP contribution in [0.1, 0.15) is 53.4 Å². The molecular formula is C20H30O7. The second-order valence-corrected chi connectivity index (χ2v) is 8.58. The topological polar surface area (TPSA) is 118 Å². The number of carbonyl (C=O) groups is 4. The Kier molecular flexibility index (Phi) is 6.65. The maximum Gasteiger partial charge on any atom is 0.317 e. The Balaban J connectivity index is 2.20. The monoisotopic (exact) mass is 382 g/mol. The van der Waals surface area contributed by atoms with E-state index in [1.807, 2.05) is 0 Å². The van der Waals surface area contributed by atoms with Gasteiger partial charge in [0.25, 0.3) is 0 Å². The van der Waals surface area contributed by atoms with Crippen LogP contribution in [0.5, 0.6) is 0 Å². The molecule has 0 radical (unpaired) electrons. The van der Waals surface area contributed by atoms with Crippen LogP contribution in [0.2, 0.25) is 0 Å². The molecule has 0 saturated heterocycles. The lowest BCUT2D eigenvalue weighted by molar-refractivity contribution is -0.179. The van der Waals surface area contributed by atoms with E-state index in [0.29, 0.717) is 25.7 Å². The largest absolute Gasteiger partial charge is 0.481 e. The first-order valence-corrected chi connectivity index (χ1v) is 9.77. The van der Waals surface area contributed by atoms with Gasteiger partial charge < -0.3 is 14.9 Å². The smallest absolute Gasteiger partial charge is 0.317 e. The first kappa shape index (κ1) is 21.4. The van der Waals surface area contributed by atoms with Crippen molar-refractivity contribution < 1.29 is 34.1 Å². The van der Waals surface area contributed by atoms with Gasteiger partial charge in [0.1, 0.15) is 0 Å². The molecule has 2 rings (SSSR count). The van der Waals surface area contributed by atoms with E-state index in [-0.39, 0.29) is 23.7 Å². The van der Waals surface area contributed by atoms with Crippen LogP contribution in [0, 0.1) is 47.3 Å². The van der Waals surface area contributed by atoms with Crippen LogP contribution in [0.25, 0.3) is 0 Å². The SMILES string of the molecule is CC1CCC(C)C(C(=O)OC(=O)C2C(C)CCC(C)C2C(=O)O)C1C(=O)O. The van der Waals surface area contributed by atoms with Crippen molar-refractivity contribution in [3.8, 4) is 0 Å². The van der Waals surface area contributed by atoms with Gasteiger partial charge in [-0.05, 0) is 49.4 Å². The molecule has 2 aliphatic carbocycles. The number of hydrogen-bond donors (Lipinski definition) is 2. The molecule has 7 nitrogen and oxygen atoms in total. The molecule has 7 heteroatoms. The fraction of sp³-hybridized carbons (Fsp3) is 0.800. The Morgan fingerprint density at radius 1 is 0.593 bits per heavy atom. The summed E-state index contributed by atoms with van der Waals surface area (Å²) in [5.74, 6) is -8.16. The summed E-state index contributed by atoms with van der Waals surface area (Å²) < 4.78 is 5.12. The molecule has 0 aromatic carbocycles. The normalized spacial score (nSPS) is 39.4. The van der Waals surface area contributed by atoms with Gasteiger partial charge in [-0.25, -0.2) is 0 Å². The zero-order valence-corrected chi connectivity index (χ0v) is 16.4. The Morgan fingerprint density at radius 3 is 1.11 bits per heavy atom. The van der Waals surface area contributed by atoms with Crippen LogP contribution in [0.3, 0.4) is 0 Å². The van der Waals surface area contributed by atoms with Gasteiger partial charge in [-0.1, -0.05) is 27.7 Å². The van der Waals surface area contributed by atoms with Crippen molar-refractivity contribution in [2.24, 2.45) is 47.3 Å². The van der Waals surface area contributed by atoms with Gasteiger partial charge in [0, 0.05) is 0 Å². The van der Waals surface area contributed by atoms with Crippen molar-refractivity contribution in [3.05, 3.63) is 0 Å². The highest BCUT2D eigenvalue weighted by Crippen LogP contribution is 2.42. The Labute approximate surface area is 159 Å². The zero-order valence-electron chi connectivity index (χ0n) is 16.4. The van der Waals surface area contributed by atoms with Crippen molar-refractivity contribution in [1.29, 1.82) is 0 Å². The molecule has 0 bridgehead atoms. The molecule has 2 N–H and O–H groups in total. The van der Waals surface area contributed by atoms with Crippen LogP contribution in [0.4, 0.5) is 0 Å². The third-order valence-corrected chi connectivity index (χ3v) is 6.70. The van der Waals surface area contributed by atoms with E-state index in [2.05, 4.69) is 0 Å². The van der Waals surface area contributed by atoms with E-state index < -0.39 is 47.5 Å². The van der Waals surface area contributed by atoms with E-state index in [0.717, 1.165) is 0 Å². The molecule has 0 aromatic heterocycles. The van der Waals surface area contributed by atoms with E-state index in [1.165, 1.54) is 0 Å². The minimum absolute atomic E-state index is 0.188. The van der Waals surface area contributed by atoms with Crippen LogP contribution >= 0.6 is 0 Å². The molecule has 0 aromatic rings. The van der Waals surface area contributed by atoms with Crippen molar-refractivity contribution >= 4 is 23.9 Å². The van der Waals surface area contributed by atoms with Crippen LogP contribution in [0.15, 0.2) is 0 Å². The molecular weight excluding hydrogens is 352 g/mol. The molecule has 8 unspecified atom stereocenters. The standard InChI is InChI=1S/C20H30O7/c1-9-5-7-11(3)15(13(9)17(21)22)19(25)27-20(26)16-12(4)8-6-10(2)14(16)18(23)24/h9-16H,5-8H2,1-4H3,(H,21,22)(H,23,24). The summed E-state index contributed by atoms with van der Waals surface area (Å²) >= 11 is 0. The van der Waals surface area contributed by atoms with Gasteiger partial charge in [-0.2, -0.15) is 0 Å². The minimum Gasteiger partial charge on any atom is -0.481 e. The molecule has 8 atom stereocenters. The van der Waals surface area contributed by atoms with Gasteiger partial charge in [-0.15, -0.1) is 0 Å². The zero-order chi connectivity index (χ0) is 20.5. The average Bonchev–Trinajstić information content (AvgIpc) is 2.57. The van der Waals surface area contributed by atoms with E-state index >= 15 is 0 Å². The fourth-order valence-electron chi connectivity index (χ4n) is 4.97. The summed E-state index contributed by atoms with van der Waals surface area (Å²) in [5.41, 5.74) is 0. The number of carboxylic acids is 2. The van der Waals surface area contributed by atoms with Crippen molar-refractivity contribution in [2.75, 3.05) is 0 Å². The summed E-state index contributed by atoms with van der Waals surface area (Å²) in [5, 5.41) is 19.1. The number of aliphatic carboxylic acids is 2. The molecule has 0 heterocycles. The highest BCUT2D eigenvalue weighted by Gasteiger charge is 2.49. The van der Waals surface area contributed by atoms with Gasteiger partial charge >= 0.3 is 23.9 Å². The molecule has 0 aliphatic heterocycles. The Morgan fingerprint density at radius 2 is 0.852 bits per heavy atom. The number of carbonyl (C=O) groups excluding carboxylic acids is 2. The minimum atomic E-state index is -1.06. The van der Waals surface area contributed by atoms with E-state index in [1.54, 1.807) is 27.7 Å². The molecule has 2 aliphatic rings. The molecule has 152 valence electrons. The molecule has 2 saturated carbocycles. The first-order valence-electron chi connectivity index (χ1n) is 9.77. The van der Waals surface area contributed by atoms with Gasteiger partial charge in [0.15, 0.2) is 0 Å². The number of hydrogen-bond acceptors (Lipinski definition) is 5.